The molecule has 2 nitrogen and oxygen atoms in total. The number of nitrogens with one attached hydrogen (secondary N) is 1. The molecule has 0 amide bonds. The van der Waals surface area contributed by atoms with Crippen molar-refractivity contribution in [3.8, 4) is 0 Å². The van der Waals surface area contributed by atoms with Gasteiger partial charge in [-0.2, -0.15) is 0 Å². The third kappa shape index (κ3) is 4.23. The monoisotopic (exact) mass is 221 g/mol. The first-order chi connectivity index (χ1) is 7.63. The number of aryl methyl sites for hydroxylation is 2. The molecule has 90 valence electrons. The maximum absolute atomic E-state index is 9.31. The normalized spacial score (nSPS) is 12.5. The third-order valence-corrected chi connectivity index (χ3v) is 2.66. The number of aliphatic hydroxyl groups is 1. The largest absolute Gasteiger partial charge is 0.393 e. The molecule has 1 aromatic rings. The fraction of sp³-hybridized carbons (Fsp3) is 0.571. The summed E-state index contributed by atoms with van der Waals surface area (Å²) >= 11 is 0. The second kappa shape index (κ2) is 6.54. The molecule has 0 heterocycles. The highest BCUT2D eigenvalue weighted by atomic mass is 16.3. The van der Waals surface area contributed by atoms with Crippen molar-refractivity contribution in [2.24, 2.45) is 0 Å². The third-order valence-electron chi connectivity index (χ3n) is 2.66. The number of hydrogen-bond acceptors (Lipinski definition) is 2. The summed E-state index contributed by atoms with van der Waals surface area (Å²) in [4.78, 5) is 0. The van der Waals surface area contributed by atoms with Gasteiger partial charge in [-0.15, -0.1) is 0 Å². The molecule has 0 spiro atoms. The van der Waals surface area contributed by atoms with Crippen LogP contribution in [0.4, 0.5) is 5.69 Å². The zero-order chi connectivity index (χ0) is 12.0. The first-order valence-electron chi connectivity index (χ1n) is 6.15. The standard InChI is InChI=1S/C14H23NO/c1-4-9-15-14-10-11(2)5-7-13(14)8-6-12(3)16/h5,7,10,12,15-16H,4,6,8-9H2,1-3H3. The smallest absolute Gasteiger partial charge is 0.0515 e. The molecular weight excluding hydrogens is 198 g/mol. The van der Waals surface area contributed by atoms with E-state index in [2.05, 4.69) is 37.4 Å². The fourth-order valence-electron chi connectivity index (χ4n) is 1.70. The summed E-state index contributed by atoms with van der Waals surface area (Å²) in [6.45, 7) is 7.12. The van der Waals surface area contributed by atoms with Gasteiger partial charge < -0.3 is 10.4 Å². The Bertz CT molecular complexity index is 321. The molecule has 16 heavy (non-hydrogen) atoms. The van der Waals surface area contributed by atoms with Crippen LogP contribution in [-0.2, 0) is 6.42 Å². The maximum Gasteiger partial charge on any atom is 0.0515 e. The summed E-state index contributed by atoms with van der Waals surface area (Å²) in [5.41, 5.74) is 3.81. The van der Waals surface area contributed by atoms with Crippen LogP contribution in [0, 0.1) is 6.92 Å². The van der Waals surface area contributed by atoms with Crippen molar-refractivity contribution in [1.29, 1.82) is 0 Å². The van der Waals surface area contributed by atoms with Gasteiger partial charge in [0.25, 0.3) is 0 Å². The zero-order valence-electron chi connectivity index (χ0n) is 10.6. The lowest BCUT2D eigenvalue weighted by atomic mass is 10.0. The van der Waals surface area contributed by atoms with Crippen LogP contribution >= 0.6 is 0 Å². The Morgan fingerprint density at radius 1 is 1.38 bits per heavy atom. The Kier molecular flexibility index (Phi) is 5.33. The van der Waals surface area contributed by atoms with Gasteiger partial charge in [-0.25, -0.2) is 0 Å². The molecule has 1 rings (SSSR count). The molecule has 1 atom stereocenters. The van der Waals surface area contributed by atoms with Crippen LogP contribution in [0.5, 0.6) is 0 Å². The Hall–Kier alpha value is -1.02. The van der Waals surface area contributed by atoms with E-state index in [0.717, 1.165) is 25.8 Å². The lowest BCUT2D eigenvalue weighted by molar-refractivity contribution is 0.185. The lowest BCUT2D eigenvalue weighted by Crippen LogP contribution is -2.06. The summed E-state index contributed by atoms with van der Waals surface area (Å²) in [5.74, 6) is 0. The van der Waals surface area contributed by atoms with E-state index in [1.54, 1.807) is 0 Å². The first-order valence-corrected chi connectivity index (χ1v) is 6.15. The number of anilines is 1. The zero-order valence-corrected chi connectivity index (χ0v) is 10.6. The van der Waals surface area contributed by atoms with E-state index >= 15 is 0 Å². The van der Waals surface area contributed by atoms with Crippen LogP contribution in [0.1, 0.15) is 37.8 Å². The van der Waals surface area contributed by atoms with Crippen molar-refractivity contribution in [3.05, 3.63) is 29.3 Å². The Labute approximate surface area is 98.7 Å². The van der Waals surface area contributed by atoms with Crippen molar-refractivity contribution >= 4 is 5.69 Å². The molecule has 0 bridgehead atoms. The van der Waals surface area contributed by atoms with Crippen molar-refractivity contribution < 1.29 is 5.11 Å². The van der Waals surface area contributed by atoms with Crippen LogP contribution < -0.4 is 5.32 Å². The van der Waals surface area contributed by atoms with Crippen LogP contribution in [0.25, 0.3) is 0 Å². The van der Waals surface area contributed by atoms with Gasteiger partial charge in [0.05, 0.1) is 6.10 Å². The van der Waals surface area contributed by atoms with Crippen LogP contribution in [0.2, 0.25) is 0 Å². The van der Waals surface area contributed by atoms with E-state index in [1.807, 2.05) is 6.92 Å². The van der Waals surface area contributed by atoms with Gasteiger partial charge in [0.1, 0.15) is 0 Å². The number of rotatable bonds is 6. The predicted molar refractivity (Wildman–Crippen MR) is 70.0 cm³/mol. The molecule has 1 aromatic carbocycles. The van der Waals surface area contributed by atoms with Gasteiger partial charge >= 0.3 is 0 Å². The highest BCUT2D eigenvalue weighted by Crippen LogP contribution is 2.19. The van der Waals surface area contributed by atoms with Crippen molar-refractivity contribution in [2.75, 3.05) is 11.9 Å². The van der Waals surface area contributed by atoms with Crippen LogP contribution in [0.15, 0.2) is 18.2 Å². The van der Waals surface area contributed by atoms with Crippen LogP contribution in [-0.4, -0.2) is 17.8 Å². The van der Waals surface area contributed by atoms with Crippen molar-refractivity contribution in [2.45, 2.75) is 46.1 Å². The first kappa shape index (κ1) is 13.0. The summed E-state index contributed by atoms with van der Waals surface area (Å²) in [6.07, 6.45) is 2.66. The molecule has 0 aromatic heterocycles. The van der Waals surface area contributed by atoms with Gasteiger partial charge in [-0.3, -0.25) is 0 Å². The van der Waals surface area contributed by atoms with Gasteiger partial charge in [0.2, 0.25) is 0 Å². The minimum atomic E-state index is -0.222. The molecular formula is C14H23NO. The number of aliphatic hydroxyl groups excluding tert-OH is 1. The summed E-state index contributed by atoms with van der Waals surface area (Å²) < 4.78 is 0. The Morgan fingerprint density at radius 3 is 2.75 bits per heavy atom. The minimum absolute atomic E-state index is 0.222. The molecule has 0 aliphatic rings. The van der Waals surface area contributed by atoms with E-state index in [9.17, 15) is 5.11 Å². The second-order valence-corrected chi connectivity index (χ2v) is 4.48. The van der Waals surface area contributed by atoms with E-state index in [4.69, 9.17) is 0 Å². The van der Waals surface area contributed by atoms with Gasteiger partial charge in [0, 0.05) is 12.2 Å². The highest BCUT2D eigenvalue weighted by Gasteiger charge is 2.04. The Balaban J connectivity index is 2.72. The van der Waals surface area contributed by atoms with Crippen molar-refractivity contribution in [1.82, 2.24) is 0 Å². The lowest BCUT2D eigenvalue weighted by Gasteiger charge is -2.13. The molecule has 0 radical (unpaired) electrons. The van der Waals surface area contributed by atoms with Gasteiger partial charge in [-0.1, -0.05) is 19.1 Å². The SMILES string of the molecule is CCCNc1cc(C)ccc1CCC(C)O. The van der Waals surface area contributed by atoms with E-state index in [-0.39, 0.29) is 6.10 Å². The maximum atomic E-state index is 9.31. The molecule has 0 aliphatic heterocycles. The average Bonchev–Trinajstić information content (AvgIpc) is 2.24. The Morgan fingerprint density at radius 2 is 2.12 bits per heavy atom. The molecule has 0 fully saturated rings. The van der Waals surface area contributed by atoms with Gasteiger partial charge in [0.15, 0.2) is 0 Å². The molecule has 0 saturated heterocycles. The average molecular weight is 221 g/mol. The van der Waals surface area contributed by atoms with Gasteiger partial charge in [-0.05, 0) is 50.3 Å². The fourth-order valence-corrected chi connectivity index (χ4v) is 1.70. The quantitative estimate of drug-likeness (QED) is 0.773. The number of benzene rings is 1. The highest BCUT2D eigenvalue weighted by molar-refractivity contribution is 5.53. The summed E-state index contributed by atoms with van der Waals surface area (Å²) in [5, 5.41) is 12.8. The molecule has 2 heteroatoms. The molecule has 1 unspecified atom stereocenters. The minimum Gasteiger partial charge on any atom is -0.393 e. The van der Waals surface area contributed by atoms with E-state index in [0.29, 0.717) is 0 Å². The summed E-state index contributed by atoms with van der Waals surface area (Å²) in [7, 11) is 0. The predicted octanol–water partition coefficient (Wildman–Crippen LogP) is 3.13. The van der Waals surface area contributed by atoms with Crippen LogP contribution in [0.3, 0.4) is 0 Å². The number of hydrogen-bond donors (Lipinski definition) is 2. The van der Waals surface area contributed by atoms with E-state index < -0.39 is 0 Å². The van der Waals surface area contributed by atoms with E-state index in [1.165, 1.54) is 16.8 Å². The topological polar surface area (TPSA) is 32.3 Å². The molecule has 2 N–H and O–H groups in total. The van der Waals surface area contributed by atoms with Crippen molar-refractivity contribution in [3.63, 3.8) is 0 Å². The summed E-state index contributed by atoms with van der Waals surface area (Å²) in [6, 6.07) is 6.48. The molecule has 0 saturated carbocycles. The molecule has 0 aliphatic carbocycles. The second-order valence-electron chi connectivity index (χ2n) is 4.48.